The van der Waals surface area contributed by atoms with Crippen LogP contribution in [0.15, 0.2) is 48.5 Å². The molecule has 0 saturated carbocycles. The van der Waals surface area contributed by atoms with E-state index in [0.717, 1.165) is 16.7 Å². The number of esters is 1. The van der Waals surface area contributed by atoms with Gasteiger partial charge in [0.1, 0.15) is 24.1 Å². The molecule has 2 N–H and O–H groups in total. The van der Waals surface area contributed by atoms with Gasteiger partial charge in [-0.1, -0.05) is 42.5 Å². The van der Waals surface area contributed by atoms with Crippen LogP contribution in [-0.2, 0) is 30.2 Å². The first-order chi connectivity index (χ1) is 15.3. The van der Waals surface area contributed by atoms with Crippen molar-refractivity contribution >= 4 is 5.97 Å². The highest BCUT2D eigenvalue weighted by atomic mass is 16.8. The van der Waals surface area contributed by atoms with E-state index in [9.17, 15) is 15.0 Å². The van der Waals surface area contributed by atoms with E-state index in [1.807, 2.05) is 42.5 Å². The number of methoxy groups -OCH3 is 1. The average Bonchev–Trinajstić information content (AvgIpc) is 3.12. The molecule has 4 rings (SSSR count). The smallest absolute Gasteiger partial charge is 0.309 e. The first kappa shape index (κ1) is 22.7. The molecule has 5 atom stereocenters. The molecule has 8 heteroatoms. The van der Waals surface area contributed by atoms with Crippen molar-refractivity contribution in [3.05, 3.63) is 54.1 Å². The Kier molecular flexibility index (Phi) is 6.50. The van der Waals surface area contributed by atoms with Crippen LogP contribution < -0.4 is 4.74 Å². The van der Waals surface area contributed by atoms with Gasteiger partial charge in [0.15, 0.2) is 11.9 Å². The molecule has 0 unspecified atom stereocenters. The van der Waals surface area contributed by atoms with Crippen molar-refractivity contribution in [3.63, 3.8) is 0 Å². The number of carbonyl (C=O) groups is 1. The van der Waals surface area contributed by atoms with Crippen molar-refractivity contribution in [2.75, 3.05) is 13.7 Å². The summed E-state index contributed by atoms with van der Waals surface area (Å²) in [5.74, 6) is -0.705. The van der Waals surface area contributed by atoms with E-state index in [1.54, 1.807) is 19.9 Å². The summed E-state index contributed by atoms with van der Waals surface area (Å²) >= 11 is 0. The molecule has 2 aromatic carbocycles. The van der Waals surface area contributed by atoms with Gasteiger partial charge in [-0.2, -0.15) is 0 Å². The van der Waals surface area contributed by atoms with Crippen LogP contribution in [0.3, 0.4) is 0 Å². The van der Waals surface area contributed by atoms with Gasteiger partial charge in [-0.15, -0.1) is 0 Å². The SMILES string of the molecule is COC(=O)Cc1cccc(-c2ccccc2O[C@H]2O[C@H](CO)[C@@H](O)[C@@H]3OC(C)(C)O[C@H]23)c1. The maximum atomic E-state index is 11.7. The summed E-state index contributed by atoms with van der Waals surface area (Å²) in [7, 11) is 1.36. The van der Waals surface area contributed by atoms with Gasteiger partial charge >= 0.3 is 5.97 Å². The van der Waals surface area contributed by atoms with E-state index in [0.29, 0.717) is 5.75 Å². The molecule has 32 heavy (non-hydrogen) atoms. The summed E-state index contributed by atoms with van der Waals surface area (Å²) in [5.41, 5.74) is 2.47. The van der Waals surface area contributed by atoms with E-state index in [-0.39, 0.29) is 19.0 Å². The highest BCUT2D eigenvalue weighted by Gasteiger charge is 2.55. The van der Waals surface area contributed by atoms with Crippen molar-refractivity contribution < 1.29 is 38.7 Å². The van der Waals surface area contributed by atoms with Gasteiger partial charge in [0.05, 0.1) is 20.1 Å². The zero-order valence-electron chi connectivity index (χ0n) is 18.3. The summed E-state index contributed by atoms with van der Waals surface area (Å²) < 4.78 is 28.7. The molecule has 0 aromatic heterocycles. The monoisotopic (exact) mass is 444 g/mol. The zero-order chi connectivity index (χ0) is 22.9. The fourth-order valence-corrected chi connectivity index (χ4v) is 4.10. The maximum Gasteiger partial charge on any atom is 0.309 e. The Morgan fingerprint density at radius 2 is 1.84 bits per heavy atom. The molecule has 0 radical (unpaired) electrons. The lowest BCUT2D eigenvalue weighted by atomic mass is 9.99. The number of aliphatic hydroxyl groups is 2. The Labute approximate surface area is 186 Å². The van der Waals surface area contributed by atoms with Crippen LogP contribution in [0.25, 0.3) is 11.1 Å². The molecule has 0 aliphatic carbocycles. The number of carbonyl (C=O) groups excluding carboxylic acids is 1. The molecule has 0 spiro atoms. The lowest BCUT2D eigenvalue weighted by molar-refractivity contribution is -0.252. The number of hydrogen-bond donors (Lipinski definition) is 2. The predicted octanol–water partition coefficient (Wildman–Crippen LogP) is 2.05. The van der Waals surface area contributed by atoms with Crippen LogP contribution in [0.4, 0.5) is 0 Å². The Morgan fingerprint density at radius 3 is 2.59 bits per heavy atom. The molecular weight excluding hydrogens is 416 g/mol. The third-order valence-corrected chi connectivity index (χ3v) is 5.58. The molecule has 172 valence electrons. The molecule has 8 nitrogen and oxygen atoms in total. The minimum Gasteiger partial charge on any atom is -0.469 e. The highest BCUT2D eigenvalue weighted by Crippen LogP contribution is 2.39. The van der Waals surface area contributed by atoms with Gasteiger partial charge in [-0.3, -0.25) is 4.79 Å². The van der Waals surface area contributed by atoms with Crippen LogP contribution in [0.2, 0.25) is 0 Å². The predicted molar refractivity (Wildman–Crippen MR) is 114 cm³/mol. The Balaban J connectivity index is 1.62. The summed E-state index contributed by atoms with van der Waals surface area (Å²) in [6, 6.07) is 15.0. The van der Waals surface area contributed by atoms with E-state index in [2.05, 4.69) is 0 Å². The molecule has 2 aliphatic rings. The summed E-state index contributed by atoms with van der Waals surface area (Å²) in [6.45, 7) is 3.12. The lowest BCUT2D eigenvalue weighted by Crippen LogP contribution is -2.58. The second kappa shape index (κ2) is 9.17. The van der Waals surface area contributed by atoms with Crippen LogP contribution in [-0.4, -0.2) is 66.4 Å². The van der Waals surface area contributed by atoms with Gasteiger partial charge < -0.3 is 33.9 Å². The third kappa shape index (κ3) is 4.65. The van der Waals surface area contributed by atoms with Gasteiger partial charge in [0, 0.05) is 5.56 Å². The number of hydrogen-bond acceptors (Lipinski definition) is 8. The molecular formula is C24H28O8. The second-order valence-electron chi connectivity index (χ2n) is 8.35. The number of ether oxygens (including phenoxy) is 5. The molecule has 0 bridgehead atoms. The topological polar surface area (TPSA) is 104 Å². The van der Waals surface area contributed by atoms with Gasteiger partial charge in [0.2, 0.25) is 6.29 Å². The molecule has 2 fully saturated rings. The standard InChI is InChI=1S/C24H28O8/c1-24(2)31-21-20(27)18(13-25)30-23(22(21)32-24)29-17-10-5-4-9-16(17)15-8-6-7-14(11-15)12-19(26)28-3/h4-11,18,20-23,25,27H,12-13H2,1-3H3/t18-,20-,21+,22+,23+/m1/s1. The van der Waals surface area contributed by atoms with Crippen LogP contribution in [0.5, 0.6) is 5.75 Å². The van der Waals surface area contributed by atoms with Crippen molar-refractivity contribution in [1.29, 1.82) is 0 Å². The summed E-state index contributed by atoms with van der Waals surface area (Å²) in [6.07, 6.45) is -4.02. The Morgan fingerprint density at radius 1 is 1.09 bits per heavy atom. The zero-order valence-corrected chi connectivity index (χ0v) is 18.3. The number of fused-ring (bicyclic) bond motifs is 1. The van der Waals surface area contributed by atoms with Gasteiger partial charge in [-0.25, -0.2) is 0 Å². The molecule has 2 aromatic rings. The quantitative estimate of drug-likeness (QED) is 0.653. The van der Waals surface area contributed by atoms with E-state index in [1.165, 1.54) is 7.11 Å². The Hall–Kier alpha value is -2.49. The number of para-hydroxylation sites is 1. The van der Waals surface area contributed by atoms with E-state index >= 15 is 0 Å². The molecule has 2 saturated heterocycles. The number of rotatable bonds is 6. The van der Waals surface area contributed by atoms with E-state index < -0.39 is 36.5 Å². The lowest BCUT2D eigenvalue weighted by Gasteiger charge is -2.39. The minimum atomic E-state index is -1.04. The largest absolute Gasteiger partial charge is 0.469 e. The summed E-state index contributed by atoms with van der Waals surface area (Å²) in [4.78, 5) is 11.7. The van der Waals surface area contributed by atoms with Crippen LogP contribution >= 0.6 is 0 Å². The van der Waals surface area contributed by atoms with Crippen LogP contribution in [0, 0.1) is 0 Å². The molecule has 2 aliphatic heterocycles. The summed E-state index contributed by atoms with van der Waals surface area (Å²) in [5, 5.41) is 20.2. The maximum absolute atomic E-state index is 11.7. The first-order valence-corrected chi connectivity index (χ1v) is 10.5. The van der Waals surface area contributed by atoms with Crippen molar-refractivity contribution in [3.8, 4) is 16.9 Å². The van der Waals surface area contributed by atoms with Crippen LogP contribution in [0.1, 0.15) is 19.4 Å². The van der Waals surface area contributed by atoms with Crippen molar-refractivity contribution in [2.24, 2.45) is 0 Å². The second-order valence-corrected chi connectivity index (χ2v) is 8.35. The van der Waals surface area contributed by atoms with Crippen molar-refractivity contribution in [1.82, 2.24) is 0 Å². The number of aliphatic hydroxyl groups excluding tert-OH is 2. The van der Waals surface area contributed by atoms with Gasteiger partial charge in [0.25, 0.3) is 0 Å². The molecule has 2 heterocycles. The first-order valence-electron chi connectivity index (χ1n) is 10.5. The molecule has 0 amide bonds. The van der Waals surface area contributed by atoms with Gasteiger partial charge in [-0.05, 0) is 31.0 Å². The highest BCUT2D eigenvalue weighted by molar-refractivity contribution is 5.75. The minimum absolute atomic E-state index is 0.166. The number of benzene rings is 2. The normalized spacial score (nSPS) is 28.7. The van der Waals surface area contributed by atoms with E-state index in [4.69, 9.17) is 23.7 Å². The Bertz CT molecular complexity index is 959. The third-order valence-electron chi connectivity index (χ3n) is 5.58. The fourth-order valence-electron chi connectivity index (χ4n) is 4.10. The average molecular weight is 444 g/mol. The fraction of sp³-hybridized carbons (Fsp3) is 0.458. The van der Waals surface area contributed by atoms with Crippen molar-refractivity contribution in [2.45, 2.75) is 56.8 Å².